The fraction of sp³-hybridized carbons (Fsp3) is 0.308. The zero-order chi connectivity index (χ0) is 11.7. The highest BCUT2D eigenvalue weighted by molar-refractivity contribution is 9.10. The summed E-state index contributed by atoms with van der Waals surface area (Å²) >= 11 is 3.50. The van der Waals surface area contributed by atoms with Crippen LogP contribution in [0.3, 0.4) is 0 Å². The normalized spacial score (nSPS) is 15.1. The second kappa shape index (κ2) is 4.63. The Morgan fingerprint density at radius 1 is 1.35 bits per heavy atom. The van der Waals surface area contributed by atoms with Gasteiger partial charge >= 0.3 is 0 Å². The molecule has 88 valence electrons. The molecule has 1 aliphatic carbocycles. The first kappa shape index (κ1) is 11.0. The molecular weight excluding hydrogens is 280 g/mol. The predicted octanol–water partition coefficient (Wildman–Crippen LogP) is 3.36. The molecule has 1 fully saturated rings. The van der Waals surface area contributed by atoms with Crippen LogP contribution in [0.15, 0.2) is 39.4 Å². The lowest BCUT2D eigenvalue weighted by Crippen LogP contribution is -2.15. The van der Waals surface area contributed by atoms with Crippen LogP contribution in [0.25, 0.3) is 11.5 Å². The van der Waals surface area contributed by atoms with Crippen molar-refractivity contribution in [1.29, 1.82) is 0 Å². The van der Waals surface area contributed by atoms with E-state index in [4.69, 9.17) is 4.42 Å². The van der Waals surface area contributed by atoms with E-state index in [1.807, 2.05) is 24.3 Å². The van der Waals surface area contributed by atoms with Gasteiger partial charge in [-0.3, -0.25) is 0 Å². The molecule has 1 N–H and O–H groups in total. The number of nitrogens with zero attached hydrogens (tertiary/aromatic N) is 1. The average molecular weight is 293 g/mol. The minimum Gasteiger partial charge on any atom is -0.444 e. The zero-order valence-electron chi connectivity index (χ0n) is 9.32. The van der Waals surface area contributed by atoms with Crippen molar-refractivity contribution in [2.75, 3.05) is 0 Å². The van der Waals surface area contributed by atoms with Crippen LogP contribution in [-0.2, 0) is 6.54 Å². The Labute approximate surface area is 108 Å². The largest absolute Gasteiger partial charge is 0.444 e. The van der Waals surface area contributed by atoms with E-state index in [2.05, 4.69) is 26.2 Å². The monoisotopic (exact) mass is 292 g/mol. The van der Waals surface area contributed by atoms with E-state index in [0.29, 0.717) is 11.9 Å². The summed E-state index contributed by atoms with van der Waals surface area (Å²) in [4.78, 5) is 4.48. The molecule has 0 bridgehead atoms. The van der Waals surface area contributed by atoms with Crippen molar-refractivity contribution in [2.45, 2.75) is 25.4 Å². The van der Waals surface area contributed by atoms with Crippen molar-refractivity contribution in [2.24, 2.45) is 0 Å². The molecular formula is C13H13BrN2O. The molecule has 4 heteroatoms. The summed E-state index contributed by atoms with van der Waals surface area (Å²) in [6, 6.07) is 8.63. The molecule has 1 heterocycles. The summed E-state index contributed by atoms with van der Waals surface area (Å²) < 4.78 is 6.51. The van der Waals surface area contributed by atoms with Gasteiger partial charge in [-0.1, -0.05) is 12.1 Å². The molecule has 17 heavy (non-hydrogen) atoms. The number of nitrogens with one attached hydrogen (secondary N) is 1. The van der Waals surface area contributed by atoms with Crippen molar-refractivity contribution in [3.05, 3.63) is 40.7 Å². The molecule has 1 aromatic carbocycles. The molecule has 0 amide bonds. The first-order valence-corrected chi connectivity index (χ1v) is 6.55. The smallest absolute Gasteiger partial charge is 0.227 e. The fourth-order valence-corrected chi connectivity index (χ4v) is 2.14. The van der Waals surface area contributed by atoms with Crippen molar-refractivity contribution in [1.82, 2.24) is 10.3 Å². The minimum absolute atomic E-state index is 0.671. The third-order valence-corrected chi connectivity index (χ3v) is 3.50. The van der Waals surface area contributed by atoms with Crippen LogP contribution in [0.4, 0.5) is 0 Å². The zero-order valence-corrected chi connectivity index (χ0v) is 10.9. The van der Waals surface area contributed by atoms with Crippen LogP contribution in [0.5, 0.6) is 0 Å². The number of oxazole rings is 1. The van der Waals surface area contributed by atoms with E-state index < -0.39 is 0 Å². The van der Waals surface area contributed by atoms with Gasteiger partial charge in [-0.2, -0.15) is 0 Å². The van der Waals surface area contributed by atoms with Gasteiger partial charge in [0.25, 0.3) is 0 Å². The Morgan fingerprint density at radius 3 is 2.94 bits per heavy atom. The van der Waals surface area contributed by atoms with Gasteiger partial charge in [-0.15, -0.1) is 0 Å². The number of rotatable bonds is 4. The lowest BCUT2D eigenvalue weighted by molar-refractivity contribution is 0.569. The summed E-state index contributed by atoms with van der Waals surface area (Å²) in [6.45, 7) is 0.790. The SMILES string of the molecule is Brc1ccccc1-c1nc(CNC2CC2)co1. The van der Waals surface area contributed by atoms with Gasteiger partial charge in [0.1, 0.15) is 6.26 Å². The first-order valence-electron chi connectivity index (χ1n) is 5.75. The van der Waals surface area contributed by atoms with Crippen LogP contribution < -0.4 is 5.32 Å². The van der Waals surface area contributed by atoms with E-state index >= 15 is 0 Å². The van der Waals surface area contributed by atoms with E-state index in [-0.39, 0.29) is 0 Å². The lowest BCUT2D eigenvalue weighted by Gasteiger charge is -1.98. The van der Waals surface area contributed by atoms with Crippen molar-refractivity contribution in [3.8, 4) is 11.5 Å². The summed E-state index contributed by atoms with van der Waals surface area (Å²) in [5.41, 5.74) is 1.95. The van der Waals surface area contributed by atoms with E-state index in [1.165, 1.54) is 12.8 Å². The second-order valence-electron chi connectivity index (χ2n) is 4.28. The van der Waals surface area contributed by atoms with Crippen LogP contribution in [-0.4, -0.2) is 11.0 Å². The molecule has 0 atom stereocenters. The summed E-state index contributed by atoms with van der Waals surface area (Å²) in [7, 11) is 0. The first-order chi connectivity index (χ1) is 8.33. The summed E-state index contributed by atoms with van der Waals surface area (Å²) in [6.07, 6.45) is 4.30. The third-order valence-electron chi connectivity index (χ3n) is 2.81. The quantitative estimate of drug-likeness (QED) is 0.939. The molecule has 0 radical (unpaired) electrons. The van der Waals surface area contributed by atoms with Crippen molar-refractivity contribution < 1.29 is 4.42 Å². The van der Waals surface area contributed by atoms with Crippen LogP contribution in [0.2, 0.25) is 0 Å². The predicted molar refractivity (Wildman–Crippen MR) is 69.5 cm³/mol. The number of hydrogen-bond acceptors (Lipinski definition) is 3. The lowest BCUT2D eigenvalue weighted by atomic mass is 10.2. The number of hydrogen-bond donors (Lipinski definition) is 1. The van der Waals surface area contributed by atoms with Gasteiger partial charge in [0.15, 0.2) is 0 Å². The van der Waals surface area contributed by atoms with Gasteiger partial charge in [0.2, 0.25) is 5.89 Å². The molecule has 2 aromatic rings. The Balaban J connectivity index is 1.77. The molecule has 1 aliphatic rings. The summed E-state index contributed by atoms with van der Waals surface area (Å²) in [5, 5.41) is 3.42. The van der Waals surface area contributed by atoms with Gasteiger partial charge in [0.05, 0.1) is 11.3 Å². The molecule has 0 aliphatic heterocycles. The molecule has 3 nitrogen and oxygen atoms in total. The molecule has 0 spiro atoms. The third kappa shape index (κ3) is 2.58. The van der Waals surface area contributed by atoms with Gasteiger partial charge in [-0.25, -0.2) is 4.98 Å². The maximum absolute atomic E-state index is 5.50. The molecule has 0 unspecified atom stereocenters. The highest BCUT2D eigenvalue weighted by atomic mass is 79.9. The Morgan fingerprint density at radius 2 is 2.18 bits per heavy atom. The molecule has 1 saturated carbocycles. The van der Waals surface area contributed by atoms with E-state index in [0.717, 1.165) is 22.3 Å². The van der Waals surface area contributed by atoms with Crippen molar-refractivity contribution in [3.63, 3.8) is 0 Å². The van der Waals surface area contributed by atoms with Gasteiger partial charge in [0, 0.05) is 17.1 Å². The van der Waals surface area contributed by atoms with Crippen LogP contribution in [0, 0.1) is 0 Å². The second-order valence-corrected chi connectivity index (χ2v) is 5.13. The van der Waals surface area contributed by atoms with E-state index in [9.17, 15) is 0 Å². The van der Waals surface area contributed by atoms with Crippen molar-refractivity contribution >= 4 is 15.9 Å². The van der Waals surface area contributed by atoms with Gasteiger partial charge in [-0.05, 0) is 40.9 Å². The van der Waals surface area contributed by atoms with Gasteiger partial charge < -0.3 is 9.73 Å². The Bertz CT molecular complexity index is 520. The topological polar surface area (TPSA) is 38.1 Å². The number of aromatic nitrogens is 1. The highest BCUT2D eigenvalue weighted by Gasteiger charge is 2.20. The maximum atomic E-state index is 5.50. The molecule has 1 aromatic heterocycles. The molecule has 3 rings (SSSR count). The average Bonchev–Trinajstić information content (AvgIpc) is 3.06. The van der Waals surface area contributed by atoms with Crippen LogP contribution in [0.1, 0.15) is 18.5 Å². The standard InChI is InChI=1S/C13H13BrN2O/c14-12-4-2-1-3-11(12)13-16-10(8-17-13)7-15-9-5-6-9/h1-4,8-9,15H,5-7H2. The minimum atomic E-state index is 0.671. The highest BCUT2D eigenvalue weighted by Crippen LogP contribution is 2.27. The summed E-state index contributed by atoms with van der Waals surface area (Å²) in [5.74, 6) is 0.671. The number of halogens is 1. The fourth-order valence-electron chi connectivity index (χ4n) is 1.68. The Hall–Kier alpha value is -1.13. The van der Waals surface area contributed by atoms with E-state index in [1.54, 1.807) is 6.26 Å². The Kier molecular flexibility index (Phi) is 2.99. The number of benzene rings is 1. The molecule has 0 saturated heterocycles. The maximum Gasteiger partial charge on any atom is 0.227 e. The van der Waals surface area contributed by atoms with Crippen LogP contribution >= 0.6 is 15.9 Å².